The van der Waals surface area contributed by atoms with E-state index in [9.17, 15) is 4.79 Å². The van der Waals surface area contributed by atoms with Crippen molar-refractivity contribution in [2.45, 2.75) is 37.8 Å². The quantitative estimate of drug-likeness (QED) is 0.864. The largest absolute Gasteiger partial charge is 0.381 e. The molecule has 2 amide bonds. The van der Waals surface area contributed by atoms with Crippen molar-refractivity contribution in [2.24, 2.45) is 0 Å². The van der Waals surface area contributed by atoms with Crippen molar-refractivity contribution in [3.8, 4) is 0 Å². The van der Waals surface area contributed by atoms with Crippen LogP contribution >= 0.6 is 0 Å². The summed E-state index contributed by atoms with van der Waals surface area (Å²) in [5.74, 6) is 0. The number of para-hydroxylation sites is 1. The SMILES string of the molecule is CO[C@H]1CC[C@H](NC(=O)Nc2ccccc2)CC1. The average Bonchev–Trinajstić information content (AvgIpc) is 2.40. The van der Waals surface area contributed by atoms with Gasteiger partial charge in [0.1, 0.15) is 0 Å². The van der Waals surface area contributed by atoms with E-state index in [-0.39, 0.29) is 12.1 Å². The Bertz CT molecular complexity index is 373. The molecule has 0 bridgehead atoms. The van der Waals surface area contributed by atoms with E-state index >= 15 is 0 Å². The fraction of sp³-hybridized carbons (Fsp3) is 0.500. The van der Waals surface area contributed by atoms with Crippen LogP contribution in [0.4, 0.5) is 10.5 Å². The summed E-state index contributed by atoms with van der Waals surface area (Å²) in [5, 5.41) is 5.84. The highest BCUT2D eigenvalue weighted by atomic mass is 16.5. The molecule has 1 aromatic rings. The van der Waals surface area contributed by atoms with Gasteiger partial charge < -0.3 is 15.4 Å². The molecule has 0 radical (unpaired) electrons. The number of urea groups is 1. The van der Waals surface area contributed by atoms with Gasteiger partial charge in [0.15, 0.2) is 0 Å². The predicted molar refractivity (Wildman–Crippen MR) is 71.6 cm³/mol. The fourth-order valence-electron chi connectivity index (χ4n) is 2.32. The second-order valence-corrected chi connectivity index (χ2v) is 4.67. The number of amides is 2. The molecule has 0 aromatic heterocycles. The van der Waals surface area contributed by atoms with E-state index in [1.807, 2.05) is 30.3 Å². The molecule has 0 spiro atoms. The Labute approximate surface area is 108 Å². The van der Waals surface area contributed by atoms with Crippen LogP contribution in [0.5, 0.6) is 0 Å². The third-order valence-corrected chi connectivity index (χ3v) is 3.37. The van der Waals surface area contributed by atoms with Gasteiger partial charge in [0.05, 0.1) is 6.10 Å². The lowest BCUT2D eigenvalue weighted by Gasteiger charge is -2.28. The number of nitrogens with one attached hydrogen (secondary N) is 2. The zero-order valence-corrected chi connectivity index (χ0v) is 10.7. The molecule has 4 nitrogen and oxygen atoms in total. The number of anilines is 1. The van der Waals surface area contributed by atoms with Gasteiger partial charge in [-0.1, -0.05) is 18.2 Å². The number of benzene rings is 1. The lowest BCUT2D eigenvalue weighted by atomic mass is 9.93. The zero-order valence-electron chi connectivity index (χ0n) is 10.7. The number of hydrogen-bond donors (Lipinski definition) is 2. The number of rotatable bonds is 3. The summed E-state index contributed by atoms with van der Waals surface area (Å²) in [6.45, 7) is 0. The molecule has 1 saturated carbocycles. The highest BCUT2D eigenvalue weighted by Gasteiger charge is 2.21. The molecule has 0 unspecified atom stereocenters. The van der Waals surface area contributed by atoms with E-state index in [4.69, 9.17) is 4.74 Å². The molecular weight excluding hydrogens is 228 g/mol. The maximum absolute atomic E-state index is 11.8. The average molecular weight is 248 g/mol. The van der Waals surface area contributed by atoms with Gasteiger partial charge in [0.25, 0.3) is 0 Å². The third kappa shape index (κ3) is 3.74. The molecule has 0 atom stereocenters. The molecule has 0 aliphatic heterocycles. The Morgan fingerprint density at radius 1 is 1.17 bits per heavy atom. The van der Waals surface area contributed by atoms with Crippen LogP contribution in [-0.4, -0.2) is 25.3 Å². The number of ether oxygens (including phenoxy) is 1. The van der Waals surface area contributed by atoms with E-state index in [1.165, 1.54) is 0 Å². The van der Waals surface area contributed by atoms with E-state index in [0.717, 1.165) is 31.4 Å². The van der Waals surface area contributed by atoms with Crippen molar-refractivity contribution in [1.82, 2.24) is 5.32 Å². The zero-order chi connectivity index (χ0) is 12.8. The summed E-state index contributed by atoms with van der Waals surface area (Å²) in [6, 6.07) is 9.62. The molecule has 1 fully saturated rings. The van der Waals surface area contributed by atoms with Crippen molar-refractivity contribution in [2.75, 3.05) is 12.4 Å². The molecule has 4 heteroatoms. The minimum atomic E-state index is -0.123. The molecule has 0 saturated heterocycles. The first-order valence-corrected chi connectivity index (χ1v) is 6.43. The Balaban J connectivity index is 1.75. The van der Waals surface area contributed by atoms with Crippen LogP contribution in [-0.2, 0) is 4.74 Å². The Morgan fingerprint density at radius 2 is 1.83 bits per heavy atom. The molecule has 18 heavy (non-hydrogen) atoms. The molecule has 98 valence electrons. The van der Waals surface area contributed by atoms with Crippen LogP contribution in [0.1, 0.15) is 25.7 Å². The minimum absolute atomic E-state index is 0.123. The lowest BCUT2D eigenvalue weighted by Crippen LogP contribution is -2.41. The van der Waals surface area contributed by atoms with Crippen LogP contribution < -0.4 is 10.6 Å². The first kappa shape index (κ1) is 12.9. The van der Waals surface area contributed by atoms with E-state index in [0.29, 0.717) is 6.10 Å². The van der Waals surface area contributed by atoms with E-state index < -0.39 is 0 Å². The summed E-state index contributed by atoms with van der Waals surface area (Å²) in [5.41, 5.74) is 0.820. The normalized spacial score (nSPS) is 23.4. The Hall–Kier alpha value is -1.55. The van der Waals surface area contributed by atoms with Gasteiger partial charge in [-0.15, -0.1) is 0 Å². The number of methoxy groups -OCH3 is 1. The molecule has 2 N–H and O–H groups in total. The Kier molecular flexibility index (Phi) is 4.59. The standard InChI is InChI=1S/C14H20N2O2/c1-18-13-9-7-12(8-10-13)16-14(17)15-11-5-3-2-4-6-11/h2-6,12-13H,7-10H2,1H3,(H2,15,16,17)/t12-,13-. The summed E-state index contributed by atoms with van der Waals surface area (Å²) >= 11 is 0. The van der Waals surface area contributed by atoms with Gasteiger partial charge in [-0.2, -0.15) is 0 Å². The van der Waals surface area contributed by atoms with Gasteiger partial charge >= 0.3 is 6.03 Å². The van der Waals surface area contributed by atoms with Gasteiger partial charge in [0.2, 0.25) is 0 Å². The molecule has 1 aliphatic carbocycles. The summed E-state index contributed by atoms with van der Waals surface area (Å²) in [4.78, 5) is 11.8. The van der Waals surface area contributed by atoms with Crippen molar-refractivity contribution < 1.29 is 9.53 Å². The molecule has 1 aliphatic rings. The van der Waals surface area contributed by atoms with Crippen molar-refractivity contribution in [1.29, 1.82) is 0 Å². The maximum Gasteiger partial charge on any atom is 0.319 e. The van der Waals surface area contributed by atoms with Crippen LogP contribution in [0.2, 0.25) is 0 Å². The third-order valence-electron chi connectivity index (χ3n) is 3.37. The Morgan fingerprint density at radius 3 is 2.44 bits per heavy atom. The number of carbonyl (C=O) groups excluding carboxylic acids is 1. The lowest BCUT2D eigenvalue weighted by molar-refractivity contribution is 0.0638. The maximum atomic E-state index is 11.8. The minimum Gasteiger partial charge on any atom is -0.381 e. The monoisotopic (exact) mass is 248 g/mol. The van der Waals surface area contributed by atoms with Crippen LogP contribution in [0.3, 0.4) is 0 Å². The highest BCUT2D eigenvalue weighted by Crippen LogP contribution is 2.20. The molecule has 0 heterocycles. The van der Waals surface area contributed by atoms with Gasteiger partial charge in [0, 0.05) is 18.8 Å². The summed E-state index contributed by atoms with van der Waals surface area (Å²) in [6.07, 6.45) is 4.38. The van der Waals surface area contributed by atoms with E-state index in [2.05, 4.69) is 10.6 Å². The van der Waals surface area contributed by atoms with Gasteiger partial charge in [-0.25, -0.2) is 4.79 Å². The van der Waals surface area contributed by atoms with Crippen LogP contribution in [0.25, 0.3) is 0 Å². The topological polar surface area (TPSA) is 50.4 Å². The van der Waals surface area contributed by atoms with Crippen LogP contribution in [0, 0.1) is 0 Å². The number of hydrogen-bond acceptors (Lipinski definition) is 2. The van der Waals surface area contributed by atoms with Crippen molar-refractivity contribution in [3.63, 3.8) is 0 Å². The van der Waals surface area contributed by atoms with Gasteiger partial charge in [-0.05, 0) is 37.8 Å². The number of carbonyl (C=O) groups is 1. The highest BCUT2D eigenvalue weighted by molar-refractivity contribution is 5.89. The van der Waals surface area contributed by atoms with Crippen molar-refractivity contribution >= 4 is 11.7 Å². The van der Waals surface area contributed by atoms with E-state index in [1.54, 1.807) is 7.11 Å². The summed E-state index contributed by atoms with van der Waals surface area (Å²) < 4.78 is 5.31. The molecule has 2 rings (SSSR count). The van der Waals surface area contributed by atoms with Crippen molar-refractivity contribution in [3.05, 3.63) is 30.3 Å². The predicted octanol–water partition coefficient (Wildman–Crippen LogP) is 2.77. The smallest absolute Gasteiger partial charge is 0.319 e. The van der Waals surface area contributed by atoms with Crippen LogP contribution in [0.15, 0.2) is 30.3 Å². The fourth-order valence-corrected chi connectivity index (χ4v) is 2.32. The second kappa shape index (κ2) is 6.40. The molecule has 1 aromatic carbocycles. The summed E-state index contributed by atoms with van der Waals surface area (Å²) in [7, 11) is 1.75. The first-order valence-electron chi connectivity index (χ1n) is 6.43. The first-order chi connectivity index (χ1) is 8.78. The second-order valence-electron chi connectivity index (χ2n) is 4.67. The molecular formula is C14H20N2O2. The van der Waals surface area contributed by atoms with Gasteiger partial charge in [-0.3, -0.25) is 0 Å².